The Balaban J connectivity index is 2.35. The Labute approximate surface area is 122 Å². The fraction of sp³-hybridized carbons (Fsp3) is 0. The van der Waals surface area contributed by atoms with Crippen LogP contribution in [0.2, 0.25) is 0 Å². The van der Waals surface area contributed by atoms with Crippen LogP contribution in [0.1, 0.15) is 4.88 Å². The molecule has 1 heterocycles. The Bertz CT molecular complexity index is 855. The van der Waals surface area contributed by atoms with Gasteiger partial charge in [0.25, 0.3) is 10.0 Å². The van der Waals surface area contributed by atoms with Crippen LogP contribution in [0.15, 0.2) is 34.5 Å². The largest absolute Gasteiger partial charge is 0.306 e. The van der Waals surface area contributed by atoms with Crippen molar-refractivity contribution in [1.29, 1.82) is 5.26 Å². The van der Waals surface area contributed by atoms with E-state index in [0.29, 0.717) is 0 Å². The number of anilines is 1. The van der Waals surface area contributed by atoms with Gasteiger partial charge in [0, 0.05) is 6.07 Å². The molecule has 0 unspecified atom stereocenters. The molecule has 1 aromatic carbocycles. The van der Waals surface area contributed by atoms with Crippen molar-refractivity contribution >= 4 is 32.7 Å². The normalized spacial score (nSPS) is 10.9. The Kier molecular flexibility index (Phi) is 3.88. The first-order valence-corrected chi connectivity index (χ1v) is 7.60. The van der Waals surface area contributed by atoms with Crippen molar-refractivity contribution < 1.29 is 17.7 Å². The monoisotopic (exact) mass is 327 g/mol. The number of thiophene rings is 1. The minimum Gasteiger partial charge on any atom is -0.279 e. The SMILES string of the molecule is N#Cc1ccc(S(=O)(=O)Nc2ccc(F)c([N+](=O)[O-])c2)s1. The average Bonchev–Trinajstić information content (AvgIpc) is 2.90. The summed E-state index contributed by atoms with van der Waals surface area (Å²) < 4.78 is 39.2. The van der Waals surface area contributed by atoms with Gasteiger partial charge in [-0.3, -0.25) is 14.8 Å². The minimum absolute atomic E-state index is 0.119. The first kappa shape index (κ1) is 14.9. The number of hydrogen-bond donors (Lipinski definition) is 1. The van der Waals surface area contributed by atoms with Crippen LogP contribution in [-0.4, -0.2) is 13.3 Å². The average molecular weight is 327 g/mol. The second-order valence-corrected chi connectivity index (χ2v) is 6.75. The molecule has 0 aliphatic rings. The fourth-order valence-electron chi connectivity index (χ4n) is 1.45. The molecule has 2 rings (SSSR count). The van der Waals surface area contributed by atoms with Crippen molar-refractivity contribution in [3.63, 3.8) is 0 Å². The van der Waals surface area contributed by atoms with Crippen molar-refractivity contribution in [2.75, 3.05) is 4.72 Å². The zero-order valence-corrected chi connectivity index (χ0v) is 11.7. The van der Waals surface area contributed by atoms with Crippen LogP contribution in [0, 0.1) is 27.3 Å². The van der Waals surface area contributed by atoms with E-state index in [4.69, 9.17) is 5.26 Å². The molecule has 1 aromatic heterocycles. The molecular weight excluding hydrogens is 321 g/mol. The summed E-state index contributed by atoms with van der Waals surface area (Å²) in [6, 6.07) is 7.03. The lowest BCUT2D eigenvalue weighted by atomic mass is 10.3. The van der Waals surface area contributed by atoms with Gasteiger partial charge in [0.2, 0.25) is 5.82 Å². The summed E-state index contributed by atoms with van der Waals surface area (Å²) in [5.74, 6) is -1.06. The molecule has 1 N–H and O–H groups in total. The molecule has 0 aliphatic carbocycles. The quantitative estimate of drug-likeness (QED) is 0.684. The Morgan fingerprint density at radius 3 is 2.62 bits per heavy atom. The van der Waals surface area contributed by atoms with Gasteiger partial charge in [0.05, 0.1) is 10.6 Å². The first-order valence-electron chi connectivity index (χ1n) is 5.30. The van der Waals surface area contributed by atoms with E-state index in [1.54, 1.807) is 6.07 Å². The number of hydrogen-bond acceptors (Lipinski definition) is 6. The number of nitrogens with zero attached hydrogens (tertiary/aromatic N) is 2. The van der Waals surface area contributed by atoms with Crippen LogP contribution in [0.5, 0.6) is 0 Å². The Morgan fingerprint density at radius 1 is 1.33 bits per heavy atom. The molecule has 0 saturated heterocycles. The van der Waals surface area contributed by atoms with Crippen LogP contribution >= 0.6 is 11.3 Å². The van der Waals surface area contributed by atoms with Crippen LogP contribution in [0.3, 0.4) is 0 Å². The summed E-state index contributed by atoms with van der Waals surface area (Å²) in [4.78, 5) is 9.86. The molecule has 0 spiro atoms. The van der Waals surface area contributed by atoms with Crippen LogP contribution in [-0.2, 0) is 10.0 Å². The predicted octanol–water partition coefficient (Wildman–Crippen LogP) is 2.47. The van der Waals surface area contributed by atoms with Gasteiger partial charge >= 0.3 is 5.69 Å². The lowest BCUT2D eigenvalue weighted by molar-refractivity contribution is -0.387. The second-order valence-electron chi connectivity index (χ2n) is 3.76. The van der Waals surface area contributed by atoms with Gasteiger partial charge in [-0.1, -0.05) is 0 Å². The molecular formula is C11H6FN3O4S2. The highest BCUT2D eigenvalue weighted by atomic mass is 32.2. The lowest BCUT2D eigenvalue weighted by Crippen LogP contribution is -2.11. The summed E-state index contributed by atoms with van der Waals surface area (Å²) in [6.07, 6.45) is 0. The second kappa shape index (κ2) is 5.47. The highest BCUT2D eigenvalue weighted by molar-refractivity contribution is 7.94. The predicted molar refractivity (Wildman–Crippen MR) is 72.9 cm³/mol. The van der Waals surface area contributed by atoms with Gasteiger partial charge in [-0.05, 0) is 24.3 Å². The number of nitriles is 1. The lowest BCUT2D eigenvalue weighted by Gasteiger charge is -2.06. The molecule has 0 aliphatic heterocycles. The molecule has 0 radical (unpaired) electrons. The van der Waals surface area contributed by atoms with Gasteiger partial charge in [-0.2, -0.15) is 9.65 Å². The molecule has 0 amide bonds. The Hall–Kier alpha value is -2.51. The number of nitro groups is 1. The van der Waals surface area contributed by atoms with E-state index in [0.717, 1.165) is 29.5 Å². The smallest absolute Gasteiger partial charge is 0.279 e. The van der Waals surface area contributed by atoms with Gasteiger partial charge in [0.15, 0.2) is 0 Å². The van der Waals surface area contributed by atoms with Gasteiger partial charge < -0.3 is 0 Å². The summed E-state index contributed by atoms with van der Waals surface area (Å²) in [7, 11) is -3.99. The number of nitrogens with one attached hydrogen (secondary N) is 1. The zero-order valence-electron chi connectivity index (χ0n) is 10.1. The number of benzene rings is 1. The van der Waals surface area contributed by atoms with Gasteiger partial charge in [-0.15, -0.1) is 11.3 Å². The highest BCUT2D eigenvalue weighted by Gasteiger charge is 2.20. The van der Waals surface area contributed by atoms with Crippen molar-refractivity contribution in [2.45, 2.75) is 4.21 Å². The van der Waals surface area contributed by atoms with E-state index in [2.05, 4.69) is 4.72 Å². The molecule has 0 atom stereocenters. The molecule has 0 bridgehead atoms. The molecule has 108 valence electrons. The summed E-state index contributed by atoms with van der Waals surface area (Å²) >= 11 is 0.753. The number of nitro benzene ring substituents is 1. The van der Waals surface area contributed by atoms with Gasteiger partial charge in [0.1, 0.15) is 15.2 Å². The number of sulfonamides is 1. The van der Waals surface area contributed by atoms with Crippen LogP contribution in [0.25, 0.3) is 0 Å². The van der Waals surface area contributed by atoms with Crippen molar-refractivity contribution in [1.82, 2.24) is 0 Å². The molecule has 2 aromatic rings. The summed E-state index contributed by atoms with van der Waals surface area (Å²) in [5.41, 5.74) is -0.978. The molecule has 10 heteroatoms. The van der Waals surface area contributed by atoms with E-state index >= 15 is 0 Å². The standard InChI is InChI=1S/C11H6FN3O4S2/c12-9-3-1-7(5-10(9)15(16)17)14-21(18,19)11-4-2-8(6-13)20-11/h1-5,14H. The Morgan fingerprint density at radius 2 is 2.05 bits per heavy atom. The summed E-state index contributed by atoms with van der Waals surface area (Å²) in [5, 5.41) is 19.3. The maximum Gasteiger partial charge on any atom is 0.306 e. The minimum atomic E-state index is -3.99. The van der Waals surface area contributed by atoms with E-state index in [1.807, 2.05) is 0 Å². The van der Waals surface area contributed by atoms with E-state index < -0.39 is 26.5 Å². The van der Waals surface area contributed by atoms with Gasteiger partial charge in [-0.25, -0.2) is 8.42 Å². The summed E-state index contributed by atoms with van der Waals surface area (Å²) in [6.45, 7) is 0. The third kappa shape index (κ3) is 3.15. The van der Waals surface area contributed by atoms with Crippen molar-refractivity contribution in [3.8, 4) is 6.07 Å². The van der Waals surface area contributed by atoms with Crippen molar-refractivity contribution in [3.05, 3.63) is 51.1 Å². The topological polar surface area (TPSA) is 113 Å². The van der Waals surface area contributed by atoms with E-state index in [9.17, 15) is 22.9 Å². The zero-order chi connectivity index (χ0) is 15.6. The van der Waals surface area contributed by atoms with Crippen molar-refractivity contribution in [2.24, 2.45) is 0 Å². The van der Waals surface area contributed by atoms with E-state index in [1.165, 1.54) is 12.1 Å². The highest BCUT2D eigenvalue weighted by Crippen LogP contribution is 2.26. The molecule has 0 saturated carbocycles. The molecule has 21 heavy (non-hydrogen) atoms. The first-order chi connectivity index (χ1) is 9.83. The maximum absolute atomic E-state index is 13.2. The fourth-order valence-corrected chi connectivity index (χ4v) is 3.60. The third-order valence-electron chi connectivity index (χ3n) is 2.35. The number of rotatable bonds is 4. The molecule has 7 nitrogen and oxygen atoms in total. The van der Waals surface area contributed by atoms with Crippen LogP contribution < -0.4 is 4.72 Å². The van der Waals surface area contributed by atoms with Crippen LogP contribution in [0.4, 0.5) is 15.8 Å². The molecule has 0 fully saturated rings. The van der Waals surface area contributed by atoms with E-state index in [-0.39, 0.29) is 14.8 Å². The third-order valence-corrected chi connectivity index (χ3v) is 5.21. The maximum atomic E-state index is 13.2. The number of halogens is 1.